The molecule has 1 aromatic carbocycles. The summed E-state index contributed by atoms with van der Waals surface area (Å²) < 4.78 is 0. The molecule has 4 heteroatoms. The zero-order valence-electron chi connectivity index (χ0n) is 13.0. The highest BCUT2D eigenvalue weighted by Gasteiger charge is 2.14. The number of nitrogens with zero attached hydrogens (tertiary/aromatic N) is 1. The largest absolute Gasteiger partial charge is 0.310 e. The summed E-state index contributed by atoms with van der Waals surface area (Å²) in [6.45, 7) is 9.26. The Morgan fingerprint density at radius 2 is 1.81 bits per heavy atom. The van der Waals surface area contributed by atoms with E-state index in [-0.39, 0.29) is 0 Å². The van der Waals surface area contributed by atoms with E-state index in [0.29, 0.717) is 22.0 Å². The lowest BCUT2D eigenvalue weighted by Gasteiger charge is -2.29. The van der Waals surface area contributed by atoms with Gasteiger partial charge in [0, 0.05) is 12.6 Å². The molecule has 0 aliphatic carbocycles. The molecule has 1 saturated heterocycles. The molecule has 0 saturated carbocycles. The molecule has 0 amide bonds. The van der Waals surface area contributed by atoms with E-state index in [1.54, 1.807) is 0 Å². The number of nitrogens with one attached hydrogen (secondary N) is 1. The predicted octanol–water partition coefficient (Wildman–Crippen LogP) is 4.77. The fraction of sp³-hybridized carbons (Fsp3) is 0.647. The van der Waals surface area contributed by atoms with E-state index in [1.807, 2.05) is 18.2 Å². The van der Waals surface area contributed by atoms with Gasteiger partial charge in [-0.15, -0.1) is 0 Å². The Labute approximate surface area is 138 Å². The summed E-state index contributed by atoms with van der Waals surface area (Å²) in [4.78, 5) is 2.60. The van der Waals surface area contributed by atoms with Gasteiger partial charge in [-0.3, -0.25) is 0 Å². The zero-order valence-corrected chi connectivity index (χ0v) is 14.6. The molecule has 0 aromatic heterocycles. The van der Waals surface area contributed by atoms with Crippen molar-refractivity contribution >= 4 is 23.2 Å². The van der Waals surface area contributed by atoms with Crippen LogP contribution in [0.1, 0.15) is 44.7 Å². The van der Waals surface area contributed by atoms with Gasteiger partial charge in [0.15, 0.2) is 0 Å². The average Bonchev–Trinajstić information content (AvgIpc) is 2.48. The van der Waals surface area contributed by atoms with Crippen LogP contribution in [0.3, 0.4) is 0 Å². The fourth-order valence-corrected chi connectivity index (χ4v) is 3.23. The molecule has 1 aliphatic heterocycles. The number of benzene rings is 1. The molecule has 0 spiro atoms. The summed E-state index contributed by atoms with van der Waals surface area (Å²) in [5.74, 6) is 0.660. The van der Waals surface area contributed by atoms with Gasteiger partial charge in [0.1, 0.15) is 0 Å². The SMILES string of the molecule is CC(CNC(C)c1ccc(Cl)c(Cl)c1)CN1CCCCC1. The van der Waals surface area contributed by atoms with Crippen LogP contribution < -0.4 is 5.32 Å². The van der Waals surface area contributed by atoms with Crippen molar-refractivity contribution in [3.8, 4) is 0 Å². The van der Waals surface area contributed by atoms with Crippen molar-refractivity contribution in [2.45, 2.75) is 39.2 Å². The van der Waals surface area contributed by atoms with Gasteiger partial charge in [-0.1, -0.05) is 42.6 Å². The van der Waals surface area contributed by atoms with Crippen LogP contribution in [-0.4, -0.2) is 31.1 Å². The Hall–Kier alpha value is -0.280. The summed E-state index contributed by atoms with van der Waals surface area (Å²) >= 11 is 12.0. The van der Waals surface area contributed by atoms with Gasteiger partial charge >= 0.3 is 0 Å². The second-order valence-corrected chi connectivity index (χ2v) is 7.08. The van der Waals surface area contributed by atoms with Crippen LogP contribution >= 0.6 is 23.2 Å². The molecule has 1 heterocycles. The minimum Gasteiger partial charge on any atom is -0.310 e. The van der Waals surface area contributed by atoms with Crippen molar-refractivity contribution in [1.82, 2.24) is 10.2 Å². The van der Waals surface area contributed by atoms with Crippen LogP contribution in [-0.2, 0) is 0 Å². The van der Waals surface area contributed by atoms with Crippen LogP contribution in [0, 0.1) is 5.92 Å². The molecular formula is C17H26Cl2N2. The standard InChI is InChI=1S/C17H26Cl2N2/c1-13(12-21-8-4-3-5-9-21)11-20-14(2)15-6-7-16(18)17(19)10-15/h6-7,10,13-14,20H,3-5,8-9,11-12H2,1-2H3. The molecule has 2 unspecified atom stereocenters. The fourth-order valence-electron chi connectivity index (χ4n) is 2.92. The van der Waals surface area contributed by atoms with Crippen molar-refractivity contribution in [1.29, 1.82) is 0 Å². The first kappa shape index (κ1) is 17.1. The predicted molar refractivity (Wildman–Crippen MR) is 92.3 cm³/mol. The third-order valence-electron chi connectivity index (χ3n) is 4.23. The summed E-state index contributed by atoms with van der Waals surface area (Å²) in [5, 5.41) is 4.85. The minimum atomic E-state index is 0.295. The molecule has 21 heavy (non-hydrogen) atoms. The smallest absolute Gasteiger partial charge is 0.0595 e. The van der Waals surface area contributed by atoms with Crippen LogP contribution in [0.2, 0.25) is 10.0 Å². The Balaban J connectivity index is 1.77. The molecule has 118 valence electrons. The number of likely N-dealkylation sites (tertiary alicyclic amines) is 1. The Morgan fingerprint density at radius 3 is 2.48 bits per heavy atom. The van der Waals surface area contributed by atoms with Gasteiger partial charge in [-0.05, 0) is 63.0 Å². The molecule has 1 fully saturated rings. The highest BCUT2D eigenvalue weighted by atomic mass is 35.5. The van der Waals surface area contributed by atoms with Crippen LogP contribution in [0.5, 0.6) is 0 Å². The Morgan fingerprint density at radius 1 is 1.10 bits per heavy atom. The van der Waals surface area contributed by atoms with E-state index in [2.05, 4.69) is 24.1 Å². The number of rotatable bonds is 6. The Bertz CT molecular complexity index is 444. The maximum Gasteiger partial charge on any atom is 0.0595 e. The molecule has 0 bridgehead atoms. The maximum atomic E-state index is 6.08. The van der Waals surface area contributed by atoms with Gasteiger partial charge in [0.25, 0.3) is 0 Å². The molecule has 1 aromatic rings. The number of hydrogen-bond donors (Lipinski definition) is 1. The molecular weight excluding hydrogens is 303 g/mol. The van der Waals surface area contributed by atoms with Gasteiger partial charge in [-0.2, -0.15) is 0 Å². The first-order valence-electron chi connectivity index (χ1n) is 7.97. The zero-order chi connectivity index (χ0) is 15.2. The van der Waals surface area contributed by atoms with Crippen molar-refractivity contribution < 1.29 is 0 Å². The van der Waals surface area contributed by atoms with Crippen molar-refractivity contribution in [2.24, 2.45) is 5.92 Å². The Kier molecular flexibility index (Phi) is 6.81. The van der Waals surface area contributed by atoms with Crippen molar-refractivity contribution in [2.75, 3.05) is 26.2 Å². The second kappa shape index (κ2) is 8.38. The molecule has 0 radical (unpaired) electrons. The van der Waals surface area contributed by atoms with Crippen LogP contribution in [0.25, 0.3) is 0 Å². The van der Waals surface area contributed by atoms with E-state index in [0.717, 1.165) is 6.54 Å². The topological polar surface area (TPSA) is 15.3 Å². The lowest BCUT2D eigenvalue weighted by atomic mass is 10.1. The quantitative estimate of drug-likeness (QED) is 0.809. The molecule has 1 aliphatic rings. The third kappa shape index (κ3) is 5.45. The van der Waals surface area contributed by atoms with Crippen LogP contribution in [0.15, 0.2) is 18.2 Å². The monoisotopic (exact) mass is 328 g/mol. The van der Waals surface area contributed by atoms with E-state index in [1.165, 1.54) is 44.5 Å². The molecule has 2 atom stereocenters. The molecule has 2 rings (SSSR count). The van der Waals surface area contributed by atoms with Crippen molar-refractivity contribution in [3.05, 3.63) is 33.8 Å². The number of hydrogen-bond acceptors (Lipinski definition) is 2. The number of halogens is 2. The van der Waals surface area contributed by atoms with Crippen molar-refractivity contribution in [3.63, 3.8) is 0 Å². The van der Waals surface area contributed by atoms with Gasteiger partial charge in [0.2, 0.25) is 0 Å². The summed E-state index contributed by atoms with van der Waals surface area (Å²) in [7, 11) is 0. The summed E-state index contributed by atoms with van der Waals surface area (Å²) in [5.41, 5.74) is 1.19. The first-order chi connectivity index (χ1) is 10.1. The van der Waals surface area contributed by atoms with Gasteiger partial charge < -0.3 is 10.2 Å². The van der Waals surface area contributed by atoms with E-state index < -0.39 is 0 Å². The maximum absolute atomic E-state index is 6.08. The van der Waals surface area contributed by atoms with Gasteiger partial charge in [-0.25, -0.2) is 0 Å². The second-order valence-electron chi connectivity index (χ2n) is 6.27. The number of piperidine rings is 1. The molecule has 2 nitrogen and oxygen atoms in total. The average molecular weight is 329 g/mol. The first-order valence-corrected chi connectivity index (χ1v) is 8.72. The van der Waals surface area contributed by atoms with Crippen LogP contribution in [0.4, 0.5) is 0 Å². The summed E-state index contributed by atoms with van der Waals surface area (Å²) in [6.07, 6.45) is 4.12. The van der Waals surface area contributed by atoms with E-state index in [9.17, 15) is 0 Å². The highest BCUT2D eigenvalue weighted by molar-refractivity contribution is 6.42. The third-order valence-corrected chi connectivity index (χ3v) is 4.97. The lowest BCUT2D eigenvalue weighted by molar-refractivity contribution is 0.197. The normalized spacial score (nSPS) is 19.4. The lowest BCUT2D eigenvalue weighted by Crippen LogP contribution is -2.37. The van der Waals surface area contributed by atoms with E-state index in [4.69, 9.17) is 23.2 Å². The molecule has 1 N–H and O–H groups in total. The van der Waals surface area contributed by atoms with Gasteiger partial charge in [0.05, 0.1) is 10.0 Å². The highest BCUT2D eigenvalue weighted by Crippen LogP contribution is 2.25. The summed E-state index contributed by atoms with van der Waals surface area (Å²) in [6, 6.07) is 6.16. The van der Waals surface area contributed by atoms with E-state index >= 15 is 0 Å². The minimum absolute atomic E-state index is 0.295.